The molecule has 2 heterocycles. The quantitative estimate of drug-likeness (QED) is 0.878. The summed E-state index contributed by atoms with van der Waals surface area (Å²) in [5.74, 6) is -0.102. The molecule has 3 N–H and O–H groups in total. The zero-order valence-corrected chi connectivity index (χ0v) is 13.3. The average Bonchev–Trinajstić information content (AvgIpc) is 3.17. The van der Waals surface area contributed by atoms with Crippen LogP contribution in [0.5, 0.6) is 5.75 Å². The largest absolute Gasteiger partial charge is 0.480 e. The number of carbonyl (C=O) groups is 2. The highest BCUT2D eigenvalue weighted by atomic mass is 19.1. The minimum atomic E-state index is -0.688. The molecular formula is C18H16FN3O3. The number of hydrogen-bond acceptors (Lipinski definition) is 3. The monoisotopic (exact) mass is 341 g/mol. The summed E-state index contributed by atoms with van der Waals surface area (Å²) in [6.45, 7) is 0.536. The third-order valence-corrected chi connectivity index (χ3v) is 4.50. The van der Waals surface area contributed by atoms with Gasteiger partial charge >= 0.3 is 6.03 Å². The number of hydrogen-bond donors (Lipinski definition) is 2. The Hall–Kier alpha value is -3.09. The van der Waals surface area contributed by atoms with Crippen molar-refractivity contribution in [3.05, 3.63) is 53.3 Å². The lowest BCUT2D eigenvalue weighted by Gasteiger charge is -2.15. The molecule has 0 saturated heterocycles. The van der Waals surface area contributed by atoms with Gasteiger partial charge in [-0.05, 0) is 48.4 Å². The standard InChI is InChI=1S/C18H16FN3O3/c19-12-1-4-15-11(7-12)9-16(25-15)17(23)21-13-2-3-14-10(8-13)5-6-22(14)18(20)24/h1-4,7-8,16H,5-6,9H2,(H2,20,24)(H,21,23). The van der Waals surface area contributed by atoms with Crippen LogP contribution >= 0.6 is 0 Å². The molecule has 0 saturated carbocycles. The second-order valence-electron chi connectivity index (χ2n) is 6.14. The third-order valence-electron chi connectivity index (χ3n) is 4.50. The Kier molecular flexibility index (Phi) is 3.56. The molecule has 0 radical (unpaired) electrons. The number of rotatable bonds is 2. The van der Waals surface area contributed by atoms with Crippen molar-refractivity contribution in [1.82, 2.24) is 0 Å². The van der Waals surface area contributed by atoms with Gasteiger partial charge < -0.3 is 15.8 Å². The number of urea groups is 1. The molecule has 0 aromatic heterocycles. The molecule has 4 rings (SSSR count). The van der Waals surface area contributed by atoms with Crippen LogP contribution in [0.3, 0.4) is 0 Å². The molecule has 128 valence electrons. The number of nitrogens with two attached hydrogens (primary N) is 1. The lowest BCUT2D eigenvalue weighted by atomic mass is 10.1. The summed E-state index contributed by atoms with van der Waals surface area (Å²) in [7, 11) is 0. The van der Waals surface area contributed by atoms with Crippen LogP contribution in [-0.2, 0) is 17.6 Å². The minimum absolute atomic E-state index is 0.290. The first-order valence-electron chi connectivity index (χ1n) is 7.97. The fourth-order valence-electron chi connectivity index (χ4n) is 3.29. The number of amides is 3. The van der Waals surface area contributed by atoms with Crippen molar-refractivity contribution in [2.75, 3.05) is 16.8 Å². The number of fused-ring (bicyclic) bond motifs is 2. The van der Waals surface area contributed by atoms with Gasteiger partial charge in [0.1, 0.15) is 11.6 Å². The van der Waals surface area contributed by atoms with Crippen LogP contribution in [0.4, 0.5) is 20.6 Å². The summed E-state index contributed by atoms with van der Waals surface area (Å²) < 4.78 is 18.8. The van der Waals surface area contributed by atoms with Gasteiger partial charge in [0.05, 0.1) is 0 Å². The number of halogens is 1. The maximum absolute atomic E-state index is 13.3. The van der Waals surface area contributed by atoms with E-state index in [4.69, 9.17) is 10.5 Å². The Morgan fingerprint density at radius 2 is 2.04 bits per heavy atom. The number of primary amides is 1. The molecule has 1 unspecified atom stereocenters. The third kappa shape index (κ3) is 2.77. The van der Waals surface area contributed by atoms with E-state index in [2.05, 4.69) is 5.32 Å². The van der Waals surface area contributed by atoms with Crippen LogP contribution < -0.4 is 20.7 Å². The molecule has 2 aromatic rings. The molecule has 2 aromatic carbocycles. The molecule has 0 aliphatic carbocycles. The van der Waals surface area contributed by atoms with Crippen molar-refractivity contribution in [3.63, 3.8) is 0 Å². The molecule has 1 atom stereocenters. The van der Waals surface area contributed by atoms with Crippen molar-refractivity contribution in [3.8, 4) is 5.75 Å². The first kappa shape index (κ1) is 15.4. The van der Waals surface area contributed by atoms with Crippen molar-refractivity contribution in [1.29, 1.82) is 0 Å². The van der Waals surface area contributed by atoms with Gasteiger partial charge in [-0.25, -0.2) is 9.18 Å². The fourth-order valence-corrected chi connectivity index (χ4v) is 3.29. The first-order chi connectivity index (χ1) is 12.0. The Morgan fingerprint density at radius 1 is 1.20 bits per heavy atom. The molecule has 7 heteroatoms. The van der Waals surface area contributed by atoms with E-state index >= 15 is 0 Å². The number of nitrogens with zero attached hydrogens (tertiary/aromatic N) is 1. The van der Waals surface area contributed by atoms with Crippen molar-refractivity contribution >= 4 is 23.3 Å². The Labute approximate surface area is 143 Å². The summed E-state index contributed by atoms with van der Waals surface area (Å²) >= 11 is 0. The zero-order valence-electron chi connectivity index (χ0n) is 13.3. The fraction of sp³-hybridized carbons (Fsp3) is 0.222. The number of ether oxygens (including phenoxy) is 1. The van der Waals surface area contributed by atoms with E-state index in [9.17, 15) is 14.0 Å². The van der Waals surface area contributed by atoms with Gasteiger partial charge in [0.15, 0.2) is 6.10 Å². The van der Waals surface area contributed by atoms with Gasteiger partial charge in [-0.15, -0.1) is 0 Å². The summed E-state index contributed by atoms with van der Waals surface area (Å²) in [5, 5.41) is 2.81. The summed E-state index contributed by atoms with van der Waals surface area (Å²) in [5.41, 5.74) is 8.37. The first-order valence-corrected chi connectivity index (χ1v) is 7.97. The summed E-state index contributed by atoms with van der Waals surface area (Å²) in [4.78, 5) is 25.3. The van der Waals surface area contributed by atoms with Crippen LogP contribution in [-0.4, -0.2) is 24.6 Å². The minimum Gasteiger partial charge on any atom is -0.480 e. The van der Waals surface area contributed by atoms with Crippen molar-refractivity contribution in [2.24, 2.45) is 5.73 Å². The Bertz CT molecular complexity index is 884. The van der Waals surface area contributed by atoms with Gasteiger partial charge in [-0.2, -0.15) is 0 Å². The molecule has 0 fully saturated rings. The molecule has 0 bridgehead atoms. The molecule has 0 spiro atoms. The van der Waals surface area contributed by atoms with E-state index < -0.39 is 12.1 Å². The predicted octanol–water partition coefficient (Wildman–Crippen LogP) is 2.21. The molecule has 2 aliphatic rings. The van der Waals surface area contributed by atoms with E-state index in [0.717, 1.165) is 11.3 Å². The number of nitrogens with one attached hydrogen (secondary N) is 1. The summed E-state index contributed by atoms with van der Waals surface area (Å²) in [6.07, 6.45) is 0.332. The van der Waals surface area contributed by atoms with E-state index in [1.54, 1.807) is 12.1 Å². The lowest BCUT2D eigenvalue weighted by Crippen LogP contribution is -2.34. The maximum atomic E-state index is 13.3. The van der Waals surface area contributed by atoms with Crippen molar-refractivity contribution < 1.29 is 18.7 Å². The normalized spacial score (nSPS) is 17.6. The number of benzene rings is 2. The second-order valence-corrected chi connectivity index (χ2v) is 6.14. The topological polar surface area (TPSA) is 84.7 Å². The number of carbonyl (C=O) groups excluding carboxylic acids is 2. The van der Waals surface area contributed by atoms with E-state index in [0.29, 0.717) is 36.4 Å². The van der Waals surface area contributed by atoms with Gasteiger partial charge in [0.2, 0.25) is 0 Å². The van der Waals surface area contributed by atoms with E-state index in [1.807, 2.05) is 6.07 Å². The summed E-state index contributed by atoms with van der Waals surface area (Å²) in [6, 6.07) is 9.06. The maximum Gasteiger partial charge on any atom is 0.319 e. The van der Waals surface area contributed by atoms with Gasteiger partial charge in [0, 0.05) is 29.9 Å². The Morgan fingerprint density at radius 3 is 2.84 bits per heavy atom. The van der Waals surface area contributed by atoms with Crippen LogP contribution in [0.1, 0.15) is 11.1 Å². The van der Waals surface area contributed by atoms with Crippen LogP contribution in [0, 0.1) is 5.82 Å². The molecular weight excluding hydrogens is 325 g/mol. The van der Waals surface area contributed by atoms with Gasteiger partial charge in [0.25, 0.3) is 5.91 Å². The SMILES string of the molecule is NC(=O)N1CCc2cc(NC(=O)C3Cc4cc(F)ccc4O3)ccc21. The zero-order chi connectivity index (χ0) is 17.6. The molecule has 6 nitrogen and oxygen atoms in total. The highest BCUT2D eigenvalue weighted by molar-refractivity contribution is 5.97. The van der Waals surface area contributed by atoms with Crippen molar-refractivity contribution in [2.45, 2.75) is 18.9 Å². The van der Waals surface area contributed by atoms with Crippen LogP contribution in [0.2, 0.25) is 0 Å². The van der Waals surface area contributed by atoms with E-state index in [-0.39, 0.29) is 11.7 Å². The highest BCUT2D eigenvalue weighted by Crippen LogP contribution is 2.32. The number of anilines is 2. The molecule has 3 amide bonds. The highest BCUT2D eigenvalue weighted by Gasteiger charge is 2.30. The Balaban J connectivity index is 1.47. The molecule has 25 heavy (non-hydrogen) atoms. The van der Waals surface area contributed by atoms with Crippen LogP contribution in [0.25, 0.3) is 0 Å². The van der Waals surface area contributed by atoms with Crippen LogP contribution in [0.15, 0.2) is 36.4 Å². The predicted molar refractivity (Wildman–Crippen MR) is 90.2 cm³/mol. The van der Waals surface area contributed by atoms with E-state index in [1.165, 1.54) is 23.1 Å². The second kappa shape index (κ2) is 5.77. The van der Waals surface area contributed by atoms with Gasteiger partial charge in [-0.3, -0.25) is 9.69 Å². The van der Waals surface area contributed by atoms with Gasteiger partial charge in [-0.1, -0.05) is 0 Å². The molecule has 2 aliphatic heterocycles. The smallest absolute Gasteiger partial charge is 0.319 e. The average molecular weight is 341 g/mol. The lowest BCUT2D eigenvalue weighted by molar-refractivity contribution is -0.122.